The number of nitrogens with zero attached hydrogens (tertiary/aromatic N) is 4. The summed E-state index contributed by atoms with van der Waals surface area (Å²) in [6.45, 7) is 4.23. The molecule has 1 aliphatic rings. The van der Waals surface area contributed by atoms with Gasteiger partial charge in [0.2, 0.25) is 5.95 Å². The zero-order valence-electron chi connectivity index (χ0n) is 14.7. The average molecular weight is 376 g/mol. The molecular weight excluding hydrogens is 354 g/mol. The molecule has 3 aromatic rings. The second-order valence-corrected chi connectivity index (χ2v) is 7.02. The van der Waals surface area contributed by atoms with Crippen LogP contribution in [0.3, 0.4) is 0 Å². The van der Waals surface area contributed by atoms with E-state index in [1.165, 1.54) is 0 Å². The maximum atomic E-state index is 9.12. The Bertz CT molecular complexity index is 929. The molecule has 7 nitrogen and oxygen atoms in total. The molecule has 0 aliphatic carbocycles. The zero-order valence-corrected chi connectivity index (χ0v) is 15.5. The van der Waals surface area contributed by atoms with Crippen LogP contribution in [0.1, 0.15) is 6.42 Å². The monoisotopic (exact) mass is 375 g/mol. The van der Waals surface area contributed by atoms with Crippen molar-refractivity contribution in [3.63, 3.8) is 0 Å². The van der Waals surface area contributed by atoms with E-state index >= 15 is 0 Å². The Labute approximate surface area is 156 Å². The predicted octanol–water partition coefficient (Wildman–Crippen LogP) is 2.58. The number of nitrogens with one attached hydrogen (secondary N) is 1. The number of anilines is 2. The molecule has 0 spiro atoms. The van der Waals surface area contributed by atoms with E-state index in [1.807, 2.05) is 18.2 Å². The molecule has 0 saturated carbocycles. The fourth-order valence-corrected chi connectivity index (χ4v) is 3.49. The van der Waals surface area contributed by atoms with Crippen LogP contribution in [-0.2, 0) is 0 Å². The summed E-state index contributed by atoms with van der Waals surface area (Å²) >= 11 is 6.18. The van der Waals surface area contributed by atoms with E-state index in [9.17, 15) is 0 Å². The summed E-state index contributed by atoms with van der Waals surface area (Å²) in [6.07, 6.45) is 1.06. The van der Waals surface area contributed by atoms with E-state index in [1.54, 1.807) is 0 Å². The van der Waals surface area contributed by atoms with Gasteiger partial charge < -0.3 is 24.6 Å². The van der Waals surface area contributed by atoms with E-state index in [4.69, 9.17) is 26.1 Å². The molecule has 0 unspecified atom stereocenters. The molecule has 0 radical (unpaired) electrons. The number of aliphatic hydroxyl groups excluding tert-OH is 1. The number of hydrogen-bond donors (Lipinski definition) is 2. The van der Waals surface area contributed by atoms with Gasteiger partial charge in [0.15, 0.2) is 11.4 Å². The van der Waals surface area contributed by atoms with Gasteiger partial charge in [-0.2, -0.15) is 4.98 Å². The lowest BCUT2D eigenvalue weighted by atomic mass is 10.2. The lowest BCUT2D eigenvalue weighted by Gasteiger charge is -2.22. The molecule has 2 aromatic heterocycles. The van der Waals surface area contributed by atoms with Crippen molar-refractivity contribution in [2.45, 2.75) is 6.42 Å². The molecule has 1 aliphatic heterocycles. The number of benzene rings is 1. The molecule has 0 bridgehead atoms. The first-order valence-corrected chi connectivity index (χ1v) is 9.21. The van der Waals surface area contributed by atoms with Crippen molar-refractivity contribution in [2.24, 2.45) is 0 Å². The van der Waals surface area contributed by atoms with Crippen molar-refractivity contribution in [2.75, 3.05) is 56.6 Å². The molecule has 4 rings (SSSR count). The quantitative estimate of drug-likeness (QED) is 0.725. The molecule has 8 heteroatoms. The SMILES string of the molecule is CN1CCCN(c2nc(NCCO)nc3c2oc2ccc(Cl)cc23)CC1. The van der Waals surface area contributed by atoms with E-state index < -0.39 is 0 Å². The number of aliphatic hydroxyl groups is 1. The fraction of sp³-hybridized carbons (Fsp3) is 0.444. The van der Waals surface area contributed by atoms with Crippen LogP contribution in [0.25, 0.3) is 22.1 Å². The van der Waals surface area contributed by atoms with Gasteiger partial charge in [-0.15, -0.1) is 0 Å². The lowest BCUT2D eigenvalue weighted by molar-refractivity contribution is 0.311. The van der Waals surface area contributed by atoms with Crippen molar-refractivity contribution < 1.29 is 9.52 Å². The third kappa shape index (κ3) is 3.30. The standard InChI is InChI=1S/C18H22ClN5O2/c1-23-6-2-7-24(9-8-23)17-16-15(21-18(22-17)20-5-10-25)13-11-12(19)3-4-14(13)26-16/h3-4,11,25H,2,5-10H2,1H3,(H,20,21,22). The number of fused-ring (bicyclic) bond motifs is 3. The van der Waals surface area contributed by atoms with Crippen LogP contribution in [0.5, 0.6) is 0 Å². The molecule has 0 atom stereocenters. The molecule has 3 heterocycles. The maximum Gasteiger partial charge on any atom is 0.225 e. The highest BCUT2D eigenvalue weighted by Gasteiger charge is 2.22. The van der Waals surface area contributed by atoms with Crippen LogP contribution in [-0.4, -0.2) is 66.4 Å². The van der Waals surface area contributed by atoms with Gasteiger partial charge in [0.25, 0.3) is 0 Å². The third-order valence-corrected chi connectivity index (χ3v) is 4.91. The van der Waals surface area contributed by atoms with Crippen LogP contribution in [0, 0.1) is 0 Å². The number of halogens is 1. The van der Waals surface area contributed by atoms with Crippen LogP contribution in [0.2, 0.25) is 5.02 Å². The summed E-state index contributed by atoms with van der Waals surface area (Å²) in [4.78, 5) is 13.9. The van der Waals surface area contributed by atoms with E-state index in [0.29, 0.717) is 23.1 Å². The van der Waals surface area contributed by atoms with Crippen molar-refractivity contribution in [1.29, 1.82) is 0 Å². The highest BCUT2D eigenvalue weighted by Crippen LogP contribution is 2.35. The largest absolute Gasteiger partial charge is 0.450 e. The number of hydrogen-bond acceptors (Lipinski definition) is 7. The summed E-state index contributed by atoms with van der Waals surface area (Å²) < 4.78 is 6.10. The van der Waals surface area contributed by atoms with Crippen molar-refractivity contribution in [3.05, 3.63) is 23.2 Å². The number of rotatable bonds is 4. The van der Waals surface area contributed by atoms with E-state index in [0.717, 1.165) is 54.9 Å². The summed E-state index contributed by atoms with van der Waals surface area (Å²) in [5, 5.41) is 13.7. The van der Waals surface area contributed by atoms with E-state index in [-0.39, 0.29) is 6.61 Å². The van der Waals surface area contributed by atoms with Crippen LogP contribution >= 0.6 is 11.6 Å². The fourth-order valence-electron chi connectivity index (χ4n) is 3.32. The predicted molar refractivity (Wildman–Crippen MR) is 104 cm³/mol. The molecule has 1 fully saturated rings. The van der Waals surface area contributed by atoms with Gasteiger partial charge in [-0.1, -0.05) is 11.6 Å². The second kappa shape index (κ2) is 7.26. The zero-order chi connectivity index (χ0) is 18.1. The van der Waals surface area contributed by atoms with Gasteiger partial charge in [0.1, 0.15) is 11.1 Å². The average Bonchev–Trinajstić information content (AvgIpc) is 2.85. The number of aromatic nitrogens is 2. The minimum Gasteiger partial charge on any atom is -0.450 e. The van der Waals surface area contributed by atoms with Gasteiger partial charge in [0.05, 0.1) is 6.61 Å². The van der Waals surface area contributed by atoms with Crippen molar-refractivity contribution >= 4 is 45.4 Å². The molecule has 0 amide bonds. The van der Waals surface area contributed by atoms with Crippen LogP contribution in [0.4, 0.5) is 11.8 Å². The summed E-state index contributed by atoms with van der Waals surface area (Å²) in [6, 6.07) is 5.54. The molecular formula is C18H22ClN5O2. The van der Waals surface area contributed by atoms with Crippen LogP contribution < -0.4 is 10.2 Å². The van der Waals surface area contributed by atoms with Gasteiger partial charge in [-0.25, -0.2) is 4.98 Å². The molecule has 1 aromatic carbocycles. The van der Waals surface area contributed by atoms with Crippen molar-refractivity contribution in [3.8, 4) is 0 Å². The summed E-state index contributed by atoms with van der Waals surface area (Å²) in [5.74, 6) is 1.28. The first kappa shape index (κ1) is 17.3. The minimum atomic E-state index is 0.0171. The number of furan rings is 1. The topological polar surface area (TPSA) is 77.7 Å². The molecule has 1 saturated heterocycles. The van der Waals surface area contributed by atoms with Gasteiger partial charge in [0, 0.05) is 36.6 Å². The molecule has 138 valence electrons. The molecule has 2 N–H and O–H groups in total. The normalized spacial score (nSPS) is 16.3. The van der Waals surface area contributed by atoms with Crippen LogP contribution in [0.15, 0.2) is 22.6 Å². The maximum absolute atomic E-state index is 9.12. The van der Waals surface area contributed by atoms with Crippen molar-refractivity contribution in [1.82, 2.24) is 14.9 Å². The Kier molecular flexibility index (Phi) is 4.84. The first-order chi connectivity index (χ1) is 12.7. The van der Waals surface area contributed by atoms with Gasteiger partial charge in [-0.3, -0.25) is 0 Å². The highest BCUT2D eigenvalue weighted by molar-refractivity contribution is 6.31. The van der Waals surface area contributed by atoms with Gasteiger partial charge >= 0.3 is 0 Å². The second-order valence-electron chi connectivity index (χ2n) is 6.59. The Hall–Kier alpha value is -2.09. The van der Waals surface area contributed by atoms with Gasteiger partial charge in [-0.05, 0) is 38.2 Å². The minimum absolute atomic E-state index is 0.0171. The number of likely N-dealkylation sites (N-methyl/N-ethyl adjacent to an activating group) is 1. The Morgan fingerprint density at radius 3 is 2.96 bits per heavy atom. The first-order valence-electron chi connectivity index (χ1n) is 8.84. The Morgan fingerprint density at radius 1 is 1.23 bits per heavy atom. The molecule has 26 heavy (non-hydrogen) atoms. The lowest BCUT2D eigenvalue weighted by Crippen LogP contribution is -2.29. The summed E-state index contributed by atoms with van der Waals surface area (Å²) in [7, 11) is 2.14. The highest BCUT2D eigenvalue weighted by atomic mass is 35.5. The Morgan fingerprint density at radius 2 is 2.12 bits per heavy atom. The third-order valence-electron chi connectivity index (χ3n) is 4.67. The summed E-state index contributed by atoms with van der Waals surface area (Å²) in [5.41, 5.74) is 2.16. The Balaban J connectivity index is 1.87. The smallest absolute Gasteiger partial charge is 0.225 e. The van der Waals surface area contributed by atoms with E-state index in [2.05, 4.69) is 27.1 Å².